The highest BCUT2D eigenvalue weighted by Gasteiger charge is 2.45. The van der Waals surface area contributed by atoms with Crippen LogP contribution in [0.3, 0.4) is 0 Å². The number of hydrogen-bond donors (Lipinski definition) is 1. The van der Waals surface area contributed by atoms with E-state index in [-0.39, 0.29) is 17.9 Å². The summed E-state index contributed by atoms with van der Waals surface area (Å²) >= 11 is 1.58. The second-order valence-electron chi connectivity index (χ2n) is 6.26. The van der Waals surface area contributed by atoms with Gasteiger partial charge in [-0.2, -0.15) is 0 Å². The number of nitrogens with one attached hydrogen (secondary N) is 1. The van der Waals surface area contributed by atoms with Crippen LogP contribution in [0.5, 0.6) is 0 Å². The van der Waals surface area contributed by atoms with Gasteiger partial charge in [-0.05, 0) is 26.2 Å². The topological polar surface area (TPSA) is 67.3 Å². The molecular formula is C14H20N4O2S. The Hall–Kier alpha value is -1.21. The molecule has 0 radical (unpaired) electrons. The van der Waals surface area contributed by atoms with Crippen molar-refractivity contribution in [1.29, 1.82) is 0 Å². The summed E-state index contributed by atoms with van der Waals surface area (Å²) < 4.78 is 5.85. The van der Waals surface area contributed by atoms with E-state index in [0.29, 0.717) is 12.0 Å². The predicted octanol–water partition coefficient (Wildman–Crippen LogP) is 0.966. The Morgan fingerprint density at radius 3 is 2.90 bits per heavy atom. The van der Waals surface area contributed by atoms with Crippen molar-refractivity contribution in [2.24, 2.45) is 11.8 Å². The van der Waals surface area contributed by atoms with E-state index >= 15 is 0 Å². The summed E-state index contributed by atoms with van der Waals surface area (Å²) in [4.78, 5) is 14.7. The first-order valence-electron chi connectivity index (χ1n) is 7.68. The first-order valence-corrected chi connectivity index (χ1v) is 8.49. The van der Waals surface area contributed by atoms with E-state index in [4.69, 9.17) is 4.74 Å². The third kappa shape index (κ3) is 2.64. The lowest BCUT2D eigenvalue weighted by atomic mass is 9.82. The molecule has 0 spiro atoms. The van der Waals surface area contributed by atoms with Gasteiger partial charge in [0.1, 0.15) is 5.01 Å². The van der Waals surface area contributed by atoms with Gasteiger partial charge in [0.25, 0.3) is 0 Å². The second-order valence-corrected chi connectivity index (χ2v) is 7.42. The molecule has 1 aromatic rings. The summed E-state index contributed by atoms with van der Waals surface area (Å²) in [5, 5.41) is 13.3. The molecule has 21 heavy (non-hydrogen) atoms. The van der Waals surface area contributed by atoms with Gasteiger partial charge in [-0.1, -0.05) is 11.3 Å². The van der Waals surface area contributed by atoms with Crippen molar-refractivity contribution in [2.45, 2.75) is 38.3 Å². The second kappa shape index (κ2) is 5.21. The van der Waals surface area contributed by atoms with Crippen LogP contribution in [0, 0.1) is 18.8 Å². The number of hydrogen-bond acceptors (Lipinski definition) is 6. The highest BCUT2D eigenvalue weighted by atomic mass is 32.1. The van der Waals surface area contributed by atoms with E-state index in [1.54, 1.807) is 11.3 Å². The monoisotopic (exact) mass is 308 g/mol. The average Bonchev–Trinajstić information content (AvgIpc) is 2.99. The van der Waals surface area contributed by atoms with Crippen molar-refractivity contribution in [3.8, 4) is 0 Å². The Morgan fingerprint density at radius 1 is 1.33 bits per heavy atom. The summed E-state index contributed by atoms with van der Waals surface area (Å²) in [6.07, 6.45) is 3.40. The van der Waals surface area contributed by atoms with Crippen molar-refractivity contribution < 1.29 is 9.53 Å². The number of rotatable bonds is 3. The minimum atomic E-state index is 0.0102. The highest BCUT2D eigenvalue weighted by Crippen LogP contribution is 2.37. The molecule has 0 aromatic carbocycles. The van der Waals surface area contributed by atoms with Gasteiger partial charge in [-0.3, -0.25) is 4.79 Å². The highest BCUT2D eigenvalue weighted by molar-refractivity contribution is 7.15. The Morgan fingerprint density at radius 2 is 2.19 bits per heavy atom. The maximum absolute atomic E-state index is 12.5. The number of piperidine rings is 1. The van der Waals surface area contributed by atoms with Crippen molar-refractivity contribution in [2.75, 3.05) is 24.6 Å². The zero-order chi connectivity index (χ0) is 14.4. The number of aryl methyl sites for hydroxylation is 1. The fourth-order valence-corrected chi connectivity index (χ4v) is 4.07. The molecule has 1 amide bonds. The molecule has 114 valence electrons. The summed E-state index contributed by atoms with van der Waals surface area (Å²) in [7, 11) is 0. The van der Waals surface area contributed by atoms with Crippen molar-refractivity contribution in [3.63, 3.8) is 0 Å². The molecule has 1 aromatic heterocycles. The van der Waals surface area contributed by atoms with Gasteiger partial charge in [-0.15, -0.1) is 10.2 Å². The van der Waals surface area contributed by atoms with E-state index in [2.05, 4.69) is 20.4 Å². The Kier molecular flexibility index (Phi) is 3.34. The van der Waals surface area contributed by atoms with Gasteiger partial charge in [0.15, 0.2) is 0 Å². The molecule has 0 unspecified atom stereocenters. The number of carbonyl (C=O) groups is 1. The molecule has 3 heterocycles. The molecule has 4 rings (SSSR count). The van der Waals surface area contributed by atoms with Crippen LogP contribution in [-0.2, 0) is 9.53 Å². The molecule has 0 bridgehead atoms. The van der Waals surface area contributed by atoms with Gasteiger partial charge >= 0.3 is 0 Å². The molecule has 2 saturated heterocycles. The Labute approximate surface area is 127 Å². The van der Waals surface area contributed by atoms with E-state index in [9.17, 15) is 4.79 Å². The SMILES string of the molecule is Cc1nnc(N2C[C@@H]3OCC[C@@H]3[C@@H](C(=O)NC3CC3)C2)s1. The lowest BCUT2D eigenvalue weighted by Crippen LogP contribution is -2.53. The smallest absolute Gasteiger partial charge is 0.225 e. The quantitative estimate of drug-likeness (QED) is 0.901. The van der Waals surface area contributed by atoms with Gasteiger partial charge in [-0.25, -0.2) is 0 Å². The van der Waals surface area contributed by atoms with Crippen LogP contribution in [-0.4, -0.2) is 47.9 Å². The lowest BCUT2D eigenvalue weighted by Gasteiger charge is -2.39. The largest absolute Gasteiger partial charge is 0.376 e. The normalized spacial score (nSPS) is 32.0. The maximum atomic E-state index is 12.5. The van der Waals surface area contributed by atoms with Crippen LogP contribution < -0.4 is 10.2 Å². The number of carbonyl (C=O) groups excluding carboxylic acids is 1. The van der Waals surface area contributed by atoms with Crippen LogP contribution in [0.25, 0.3) is 0 Å². The lowest BCUT2D eigenvalue weighted by molar-refractivity contribution is -0.128. The first-order chi connectivity index (χ1) is 10.2. The molecule has 1 aliphatic carbocycles. The number of ether oxygens (including phenoxy) is 1. The molecule has 3 atom stereocenters. The first kappa shape index (κ1) is 13.5. The minimum Gasteiger partial charge on any atom is -0.376 e. The molecule has 6 nitrogen and oxygen atoms in total. The Balaban J connectivity index is 1.53. The Bertz CT molecular complexity index is 545. The molecule has 3 fully saturated rings. The number of aromatic nitrogens is 2. The number of nitrogens with zero attached hydrogens (tertiary/aromatic N) is 3. The van der Waals surface area contributed by atoms with E-state index in [1.807, 2.05) is 6.92 Å². The van der Waals surface area contributed by atoms with E-state index < -0.39 is 0 Å². The van der Waals surface area contributed by atoms with Crippen molar-refractivity contribution in [3.05, 3.63) is 5.01 Å². The van der Waals surface area contributed by atoms with E-state index in [1.165, 1.54) is 0 Å². The average molecular weight is 308 g/mol. The van der Waals surface area contributed by atoms with Crippen molar-refractivity contribution in [1.82, 2.24) is 15.5 Å². The molecule has 3 aliphatic rings. The summed E-state index contributed by atoms with van der Waals surface area (Å²) in [5.41, 5.74) is 0. The predicted molar refractivity (Wildman–Crippen MR) is 79.4 cm³/mol. The third-order valence-corrected chi connectivity index (χ3v) is 5.54. The van der Waals surface area contributed by atoms with Crippen LogP contribution in [0.1, 0.15) is 24.3 Å². The molecule has 2 aliphatic heterocycles. The van der Waals surface area contributed by atoms with Crippen LogP contribution in [0.4, 0.5) is 5.13 Å². The van der Waals surface area contributed by atoms with Gasteiger partial charge in [0.05, 0.1) is 12.0 Å². The summed E-state index contributed by atoms with van der Waals surface area (Å²) in [5.74, 6) is 0.564. The number of fused-ring (bicyclic) bond motifs is 1. The van der Waals surface area contributed by atoms with Gasteiger partial charge in [0, 0.05) is 31.7 Å². The maximum Gasteiger partial charge on any atom is 0.225 e. The molecule has 1 saturated carbocycles. The summed E-state index contributed by atoms with van der Waals surface area (Å²) in [6, 6.07) is 0.414. The van der Waals surface area contributed by atoms with Crippen LogP contribution in [0.15, 0.2) is 0 Å². The molecule has 1 N–H and O–H groups in total. The fraction of sp³-hybridized carbons (Fsp3) is 0.786. The number of anilines is 1. The van der Waals surface area contributed by atoms with Crippen molar-refractivity contribution >= 4 is 22.4 Å². The van der Waals surface area contributed by atoms with Crippen LogP contribution in [0.2, 0.25) is 0 Å². The molecular weight excluding hydrogens is 288 g/mol. The third-order valence-electron chi connectivity index (χ3n) is 4.64. The zero-order valence-corrected chi connectivity index (χ0v) is 12.9. The minimum absolute atomic E-state index is 0.0102. The standard InChI is InChI=1S/C14H20N4O2S/c1-8-16-17-14(21-8)18-6-11(13(19)15-9-2-3-9)10-4-5-20-12(10)7-18/h9-12H,2-7H2,1H3,(H,15,19)/t10-,11+,12+/m1/s1. The van der Waals surface area contributed by atoms with Crippen LogP contribution >= 0.6 is 11.3 Å². The van der Waals surface area contributed by atoms with E-state index in [0.717, 1.165) is 49.1 Å². The summed E-state index contributed by atoms with van der Waals surface area (Å²) in [6.45, 7) is 4.28. The molecule has 7 heteroatoms. The van der Waals surface area contributed by atoms with Gasteiger partial charge in [0.2, 0.25) is 11.0 Å². The van der Waals surface area contributed by atoms with Gasteiger partial charge < -0.3 is 15.0 Å². The fourth-order valence-electron chi connectivity index (χ4n) is 3.36. The zero-order valence-electron chi connectivity index (χ0n) is 12.1. The number of amides is 1.